The zero-order valence-corrected chi connectivity index (χ0v) is 19.8. The van der Waals surface area contributed by atoms with Gasteiger partial charge in [-0.3, -0.25) is 14.4 Å². The smallest absolute Gasteiger partial charge is 0.274 e. The molecule has 0 saturated heterocycles. The molecule has 0 bridgehead atoms. The quantitative estimate of drug-likeness (QED) is 0.488. The van der Waals surface area contributed by atoms with Gasteiger partial charge >= 0.3 is 0 Å². The highest BCUT2D eigenvalue weighted by molar-refractivity contribution is 6.30. The van der Waals surface area contributed by atoms with Crippen molar-refractivity contribution in [1.82, 2.24) is 14.8 Å². The third-order valence-electron chi connectivity index (χ3n) is 4.83. The molecule has 0 unspecified atom stereocenters. The number of halogens is 3. The summed E-state index contributed by atoms with van der Waals surface area (Å²) < 4.78 is 33.0. The molecule has 0 fully saturated rings. The number of carbonyl (C=O) groups excluding carboxylic acids is 2. The first-order valence-corrected chi connectivity index (χ1v) is 10.5. The van der Waals surface area contributed by atoms with Crippen LogP contribution in [0.3, 0.4) is 0 Å². The summed E-state index contributed by atoms with van der Waals surface area (Å²) in [5, 5.41) is 11.8. The summed E-state index contributed by atoms with van der Waals surface area (Å²) in [4.78, 5) is 38.5. The van der Waals surface area contributed by atoms with Crippen LogP contribution in [0.2, 0.25) is 5.02 Å². The van der Waals surface area contributed by atoms with Gasteiger partial charge in [0.2, 0.25) is 5.43 Å². The molecule has 1 aliphatic rings. The van der Waals surface area contributed by atoms with Crippen molar-refractivity contribution >= 4 is 23.4 Å². The number of fused-ring (bicyclic) bond motifs is 1. The lowest BCUT2D eigenvalue weighted by molar-refractivity contribution is 0.0705. The van der Waals surface area contributed by atoms with Gasteiger partial charge in [-0.15, -0.1) is 12.8 Å². The van der Waals surface area contributed by atoms with E-state index in [2.05, 4.69) is 22.9 Å². The number of rotatable bonds is 5. The second-order valence-electron chi connectivity index (χ2n) is 6.74. The predicted molar refractivity (Wildman–Crippen MR) is 124 cm³/mol. The summed E-state index contributed by atoms with van der Waals surface area (Å²) in [5.41, 5.74) is -1.65. The Morgan fingerprint density at radius 3 is 2.41 bits per heavy atom. The molecular weight excluding hydrogens is 472 g/mol. The van der Waals surface area contributed by atoms with Gasteiger partial charge in [-0.05, 0) is 19.9 Å². The fraction of sp³-hybridized carbons (Fsp3) is 0.348. The average Bonchev–Trinajstić information content (AvgIpc) is 2.85. The van der Waals surface area contributed by atoms with E-state index >= 15 is 0 Å². The van der Waals surface area contributed by atoms with Crippen LogP contribution in [-0.2, 0) is 17.8 Å². The zero-order chi connectivity index (χ0) is 26.0. The van der Waals surface area contributed by atoms with E-state index in [4.69, 9.17) is 11.6 Å². The van der Waals surface area contributed by atoms with Gasteiger partial charge in [0.15, 0.2) is 11.4 Å². The minimum Gasteiger partial charge on any atom is -0.503 e. The zero-order valence-electron chi connectivity index (χ0n) is 19.0. The summed E-state index contributed by atoms with van der Waals surface area (Å²) >= 11 is 5.49. The molecule has 8 nitrogen and oxygen atoms in total. The van der Waals surface area contributed by atoms with Crippen molar-refractivity contribution < 1.29 is 28.2 Å². The van der Waals surface area contributed by atoms with Gasteiger partial charge in [0, 0.05) is 51.7 Å². The SMILES string of the molecule is C#C.CCN1CCn2cc(C(=O)NCc3ccc(F)c(Cl)c3F)c(=O)c(O)c2C1=O.CCOC. The maximum atomic E-state index is 13.9. The van der Waals surface area contributed by atoms with Gasteiger partial charge < -0.3 is 24.6 Å². The van der Waals surface area contributed by atoms with Crippen molar-refractivity contribution in [2.24, 2.45) is 0 Å². The van der Waals surface area contributed by atoms with Crippen molar-refractivity contribution in [1.29, 1.82) is 0 Å². The number of terminal acetylenes is 1. The third-order valence-corrected chi connectivity index (χ3v) is 5.17. The van der Waals surface area contributed by atoms with E-state index in [9.17, 15) is 28.3 Å². The Hall–Kier alpha value is -3.42. The van der Waals surface area contributed by atoms with Gasteiger partial charge in [0.25, 0.3) is 11.8 Å². The molecule has 1 aromatic carbocycles. The lowest BCUT2D eigenvalue weighted by Crippen LogP contribution is -2.42. The van der Waals surface area contributed by atoms with Crippen LogP contribution >= 0.6 is 11.6 Å². The lowest BCUT2D eigenvalue weighted by atomic mass is 10.1. The molecular formula is C23H26ClF2N3O5. The van der Waals surface area contributed by atoms with Crippen LogP contribution in [0.15, 0.2) is 23.1 Å². The summed E-state index contributed by atoms with van der Waals surface area (Å²) in [5.74, 6) is -4.14. The van der Waals surface area contributed by atoms with Crippen molar-refractivity contribution in [3.05, 3.63) is 62.0 Å². The van der Waals surface area contributed by atoms with Crippen LogP contribution in [0.5, 0.6) is 5.75 Å². The van der Waals surface area contributed by atoms with Gasteiger partial charge in [0.05, 0.1) is 0 Å². The number of ether oxygens (including phenoxy) is 1. The van der Waals surface area contributed by atoms with Crippen LogP contribution in [0, 0.1) is 24.5 Å². The highest BCUT2D eigenvalue weighted by Gasteiger charge is 2.30. The topological polar surface area (TPSA) is 101 Å². The minimum atomic E-state index is -1.02. The Balaban J connectivity index is 0.000000872. The van der Waals surface area contributed by atoms with Crippen molar-refractivity contribution in [3.63, 3.8) is 0 Å². The molecule has 0 atom stereocenters. The molecule has 2 N–H and O–H groups in total. The highest BCUT2D eigenvalue weighted by Crippen LogP contribution is 2.22. The molecule has 1 aliphatic heterocycles. The van der Waals surface area contributed by atoms with Gasteiger partial charge in [-0.25, -0.2) is 8.78 Å². The molecule has 2 heterocycles. The first-order valence-electron chi connectivity index (χ1n) is 10.2. The number of methoxy groups -OCH3 is 1. The Kier molecular flexibility index (Phi) is 11.2. The predicted octanol–water partition coefficient (Wildman–Crippen LogP) is 2.79. The number of nitrogens with one attached hydrogen (secondary N) is 1. The van der Waals surface area contributed by atoms with Crippen molar-refractivity contribution in [2.75, 3.05) is 26.8 Å². The molecule has 11 heteroatoms. The summed E-state index contributed by atoms with van der Waals surface area (Å²) in [7, 11) is 1.68. The van der Waals surface area contributed by atoms with Crippen molar-refractivity contribution in [2.45, 2.75) is 26.9 Å². The molecule has 0 aliphatic carbocycles. The molecule has 1 aromatic heterocycles. The second-order valence-corrected chi connectivity index (χ2v) is 7.12. The number of nitrogens with zero attached hydrogens (tertiary/aromatic N) is 2. The molecule has 2 amide bonds. The van der Waals surface area contributed by atoms with Crippen LogP contribution in [0.1, 0.15) is 40.3 Å². The number of aromatic nitrogens is 1. The van der Waals surface area contributed by atoms with E-state index in [0.717, 1.165) is 18.7 Å². The standard InChI is InChI=1S/C18H16ClF2N3O4.C3H8O.C2H2/c1-2-23-5-6-24-8-10(15(25)16(26)14(24)18(23)28)17(27)22-7-9-3-4-11(20)12(19)13(9)21;1-3-4-2;1-2/h3-4,8,26H,2,5-7H2,1H3,(H,22,27);3H2,1-2H3;1-2H. The van der Waals surface area contributed by atoms with E-state index in [-0.39, 0.29) is 17.8 Å². The average molecular weight is 498 g/mol. The van der Waals surface area contributed by atoms with Crippen molar-refractivity contribution in [3.8, 4) is 18.6 Å². The number of benzene rings is 1. The van der Waals surface area contributed by atoms with Gasteiger partial charge in [-0.1, -0.05) is 17.7 Å². The normalized spacial score (nSPS) is 12.0. The molecule has 2 aromatic rings. The van der Waals surface area contributed by atoms with Gasteiger partial charge in [-0.2, -0.15) is 0 Å². The molecule has 0 radical (unpaired) electrons. The minimum absolute atomic E-state index is 0.0733. The fourth-order valence-electron chi connectivity index (χ4n) is 2.97. The first-order chi connectivity index (χ1) is 16.2. The number of aromatic hydroxyl groups is 1. The summed E-state index contributed by atoms with van der Waals surface area (Å²) in [6, 6.07) is 2.07. The largest absolute Gasteiger partial charge is 0.503 e. The van der Waals surface area contributed by atoms with Crippen LogP contribution in [0.25, 0.3) is 0 Å². The van der Waals surface area contributed by atoms with E-state index < -0.39 is 45.2 Å². The van der Waals surface area contributed by atoms with E-state index in [1.807, 2.05) is 6.92 Å². The van der Waals surface area contributed by atoms with Crippen LogP contribution < -0.4 is 10.7 Å². The van der Waals surface area contributed by atoms with E-state index in [1.165, 1.54) is 15.7 Å². The molecule has 3 rings (SSSR count). The third kappa shape index (κ3) is 6.34. The molecule has 0 saturated carbocycles. The number of pyridine rings is 1. The molecule has 34 heavy (non-hydrogen) atoms. The molecule has 0 spiro atoms. The maximum absolute atomic E-state index is 13.9. The Bertz CT molecular complexity index is 1120. The fourth-order valence-corrected chi connectivity index (χ4v) is 3.15. The monoisotopic (exact) mass is 497 g/mol. The Labute approximate surface area is 201 Å². The maximum Gasteiger partial charge on any atom is 0.274 e. The highest BCUT2D eigenvalue weighted by atomic mass is 35.5. The van der Waals surface area contributed by atoms with Gasteiger partial charge in [0.1, 0.15) is 22.2 Å². The van der Waals surface area contributed by atoms with E-state index in [1.54, 1.807) is 14.0 Å². The Morgan fingerprint density at radius 2 is 1.85 bits per heavy atom. The van der Waals surface area contributed by atoms with Crippen LogP contribution in [0.4, 0.5) is 8.78 Å². The number of hydrogen-bond donors (Lipinski definition) is 2. The van der Waals surface area contributed by atoms with E-state index in [0.29, 0.717) is 19.6 Å². The molecule has 184 valence electrons. The van der Waals surface area contributed by atoms with Crippen LogP contribution in [-0.4, -0.2) is 53.2 Å². The number of hydrogen-bond acceptors (Lipinski definition) is 5. The first kappa shape index (κ1) is 28.6. The summed E-state index contributed by atoms with van der Waals surface area (Å²) in [6.07, 6.45) is 9.19. The Morgan fingerprint density at radius 1 is 1.24 bits per heavy atom. The lowest BCUT2D eigenvalue weighted by Gasteiger charge is -2.29. The number of carbonyl (C=O) groups is 2. The second kappa shape index (κ2) is 13.3. The number of likely N-dealkylation sites (N-methyl/N-ethyl adjacent to an activating group) is 1. The summed E-state index contributed by atoms with van der Waals surface area (Å²) in [6.45, 7) is 5.28. The number of amides is 2.